The second-order valence-electron chi connectivity index (χ2n) is 5.58. The second kappa shape index (κ2) is 4.92. The third-order valence-electron chi connectivity index (χ3n) is 3.60. The predicted octanol–water partition coefficient (Wildman–Crippen LogP) is 2.17. The highest BCUT2D eigenvalue weighted by molar-refractivity contribution is 7.09. The van der Waals surface area contributed by atoms with Crippen molar-refractivity contribution in [3.8, 4) is 0 Å². The van der Waals surface area contributed by atoms with Gasteiger partial charge in [0.2, 0.25) is 0 Å². The Balaban J connectivity index is 2.31. The molecule has 0 aliphatic carbocycles. The van der Waals surface area contributed by atoms with Gasteiger partial charge in [-0.3, -0.25) is 4.79 Å². The maximum absolute atomic E-state index is 12.4. The van der Waals surface area contributed by atoms with Gasteiger partial charge >= 0.3 is 5.97 Å². The Bertz CT molecular complexity index is 510. The number of hydrogen-bond acceptors (Lipinski definition) is 4. The maximum Gasteiger partial charge on any atom is 0.326 e. The Hall–Kier alpha value is -1.43. The number of aliphatic carboxylic acids is 1. The molecule has 1 aliphatic rings. The van der Waals surface area contributed by atoms with Crippen molar-refractivity contribution in [1.82, 2.24) is 9.88 Å². The van der Waals surface area contributed by atoms with Crippen molar-refractivity contribution in [2.24, 2.45) is 5.41 Å². The van der Waals surface area contributed by atoms with Crippen molar-refractivity contribution in [3.05, 3.63) is 16.1 Å². The van der Waals surface area contributed by atoms with Crippen LogP contribution in [0.5, 0.6) is 0 Å². The average Bonchev–Trinajstić information content (AvgIpc) is 2.72. The molecule has 1 aromatic heterocycles. The van der Waals surface area contributed by atoms with Crippen LogP contribution >= 0.6 is 11.3 Å². The molecule has 1 N–H and O–H groups in total. The van der Waals surface area contributed by atoms with Gasteiger partial charge in [0, 0.05) is 11.9 Å². The highest BCUT2D eigenvalue weighted by Gasteiger charge is 2.45. The SMILES string of the molecule is Cc1nc(C(=O)N2CCCC(C)(C)C2C(=O)O)cs1. The number of aromatic nitrogens is 1. The fourth-order valence-corrected chi connectivity index (χ4v) is 3.27. The molecule has 5 nitrogen and oxygen atoms in total. The van der Waals surface area contributed by atoms with Gasteiger partial charge in [-0.05, 0) is 25.2 Å². The van der Waals surface area contributed by atoms with Gasteiger partial charge in [0.05, 0.1) is 5.01 Å². The molecule has 0 radical (unpaired) electrons. The summed E-state index contributed by atoms with van der Waals surface area (Å²) in [6, 6.07) is -0.782. The standard InChI is InChI=1S/C13H18N2O3S/c1-8-14-9(7-19-8)11(16)15-6-4-5-13(2,3)10(15)12(17)18/h7,10H,4-6H2,1-3H3,(H,17,18). The lowest BCUT2D eigenvalue weighted by molar-refractivity contribution is -0.148. The summed E-state index contributed by atoms with van der Waals surface area (Å²) in [5.74, 6) is -1.21. The summed E-state index contributed by atoms with van der Waals surface area (Å²) < 4.78 is 0. The maximum atomic E-state index is 12.4. The summed E-state index contributed by atoms with van der Waals surface area (Å²) in [6.45, 7) is 6.11. The van der Waals surface area contributed by atoms with E-state index in [4.69, 9.17) is 0 Å². The molecule has 2 heterocycles. The number of carboxylic acid groups (broad SMARTS) is 1. The van der Waals surface area contributed by atoms with Gasteiger partial charge in [-0.15, -0.1) is 11.3 Å². The minimum Gasteiger partial charge on any atom is -0.480 e. The molecule has 1 saturated heterocycles. The fraction of sp³-hybridized carbons (Fsp3) is 0.615. The molecular formula is C13H18N2O3S. The minimum atomic E-state index is -0.940. The van der Waals surface area contributed by atoms with E-state index in [9.17, 15) is 14.7 Å². The normalized spacial score (nSPS) is 22.3. The topological polar surface area (TPSA) is 70.5 Å². The molecule has 0 saturated carbocycles. The first-order valence-corrected chi connectivity index (χ1v) is 7.17. The van der Waals surface area contributed by atoms with E-state index in [0.717, 1.165) is 17.8 Å². The quantitative estimate of drug-likeness (QED) is 0.902. The van der Waals surface area contributed by atoms with Crippen LogP contribution in [0, 0.1) is 12.3 Å². The lowest BCUT2D eigenvalue weighted by atomic mass is 9.76. The smallest absolute Gasteiger partial charge is 0.326 e. The van der Waals surface area contributed by atoms with E-state index < -0.39 is 17.4 Å². The van der Waals surface area contributed by atoms with Gasteiger partial charge in [0.1, 0.15) is 11.7 Å². The second-order valence-corrected chi connectivity index (χ2v) is 6.65. The molecule has 1 aliphatic heterocycles. The number of carbonyl (C=O) groups excluding carboxylic acids is 1. The summed E-state index contributed by atoms with van der Waals surface area (Å²) >= 11 is 1.40. The molecule has 0 bridgehead atoms. The van der Waals surface area contributed by atoms with E-state index in [1.54, 1.807) is 5.38 Å². The molecule has 104 valence electrons. The Kier molecular flexibility index (Phi) is 3.62. The van der Waals surface area contributed by atoms with Crippen LogP contribution in [0.25, 0.3) is 0 Å². The number of carboxylic acids is 1. The van der Waals surface area contributed by atoms with Gasteiger partial charge in [0.25, 0.3) is 5.91 Å². The molecule has 0 aromatic carbocycles. The highest BCUT2D eigenvalue weighted by Crippen LogP contribution is 2.36. The number of piperidine rings is 1. The van der Waals surface area contributed by atoms with E-state index in [-0.39, 0.29) is 5.91 Å². The third kappa shape index (κ3) is 2.63. The van der Waals surface area contributed by atoms with E-state index in [1.165, 1.54) is 16.2 Å². The molecule has 0 spiro atoms. The number of rotatable bonds is 2. The van der Waals surface area contributed by atoms with Crippen LogP contribution in [-0.2, 0) is 4.79 Å². The monoisotopic (exact) mass is 282 g/mol. The Morgan fingerprint density at radius 3 is 2.74 bits per heavy atom. The number of aryl methyl sites for hydroxylation is 1. The van der Waals surface area contributed by atoms with E-state index >= 15 is 0 Å². The van der Waals surface area contributed by atoms with Gasteiger partial charge in [-0.2, -0.15) is 0 Å². The highest BCUT2D eigenvalue weighted by atomic mass is 32.1. The molecule has 1 amide bonds. The number of carbonyl (C=O) groups is 2. The first kappa shape index (κ1) is 14.0. The number of hydrogen-bond donors (Lipinski definition) is 1. The number of nitrogens with zero attached hydrogens (tertiary/aromatic N) is 2. The molecule has 6 heteroatoms. The third-order valence-corrected chi connectivity index (χ3v) is 4.38. The van der Waals surface area contributed by atoms with Crippen LogP contribution in [0.4, 0.5) is 0 Å². The molecule has 19 heavy (non-hydrogen) atoms. The van der Waals surface area contributed by atoms with E-state index in [1.807, 2.05) is 20.8 Å². The van der Waals surface area contributed by atoms with Crippen LogP contribution in [0.1, 0.15) is 42.2 Å². The summed E-state index contributed by atoms with van der Waals surface area (Å²) in [7, 11) is 0. The van der Waals surface area contributed by atoms with Crippen LogP contribution in [-0.4, -0.2) is 39.5 Å². The molecule has 1 aromatic rings. The average molecular weight is 282 g/mol. The molecule has 1 fully saturated rings. The first-order chi connectivity index (χ1) is 8.83. The first-order valence-electron chi connectivity index (χ1n) is 6.29. The van der Waals surface area contributed by atoms with Crippen molar-refractivity contribution < 1.29 is 14.7 Å². The van der Waals surface area contributed by atoms with E-state index in [0.29, 0.717) is 12.2 Å². The van der Waals surface area contributed by atoms with Gasteiger partial charge in [-0.1, -0.05) is 13.8 Å². The Labute approximate surface area is 116 Å². The zero-order chi connectivity index (χ0) is 14.2. The van der Waals surface area contributed by atoms with Gasteiger partial charge < -0.3 is 10.0 Å². The summed E-state index contributed by atoms with van der Waals surface area (Å²) in [5.41, 5.74) is -0.0587. The Morgan fingerprint density at radius 1 is 1.53 bits per heavy atom. The van der Waals surface area contributed by atoms with Gasteiger partial charge in [0.15, 0.2) is 0 Å². The molecule has 1 atom stereocenters. The molecule has 1 unspecified atom stereocenters. The number of thiazole rings is 1. The predicted molar refractivity (Wildman–Crippen MR) is 72.3 cm³/mol. The zero-order valence-corrected chi connectivity index (χ0v) is 12.2. The van der Waals surface area contributed by atoms with Crippen molar-refractivity contribution in [1.29, 1.82) is 0 Å². The van der Waals surface area contributed by atoms with Crippen molar-refractivity contribution in [2.45, 2.75) is 39.7 Å². The van der Waals surface area contributed by atoms with Crippen molar-refractivity contribution in [3.63, 3.8) is 0 Å². The van der Waals surface area contributed by atoms with Crippen molar-refractivity contribution in [2.75, 3.05) is 6.54 Å². The van der Waals surface area contributed by atoms with Crippen LogP contribution in [0.15, 0.2) is 5.38 Å². The van der Waals surface area contributed by atoms with Crippen LogP contribution in [0.3, 0.4) is 0 Å². The van der Waals surface area contributed by atoms with E-state index in [2.05, 4.69) is 4.98 Å². The summed E-state index contributed by atoms with van der Waals surface area (Å²) in [6.07, 6.45) is 1.63. The van der Waals surface area contributed by atoms with Crippen LogP contribution in [0.2, 0.25) is 0 Å². The lowest BCUT2D eigenvalue weighted by Crippen LogP contribution is -2.56. The number of amides is 1. The lowest BCUT2D eigenvalue weighted by Gasteiger charge is -2.43. The molecular weight excluding hydrogens is 264 g/mol. The largest absolute Gasteiger partial charge is 0.480 e. The zero-order valence-electron chi connectivity index (χ0n) is 11.3. The van der Waals surface area contributed by atoms with Gasteiger partial charge in [-0.25, -0.2) is 9.78 Å². The van der Waals surface area contributed by atoms with Crippen LogP contribution < -0.4 is 0 Å². The van der Waals surface area contributed by atoms with Crippen molar-refractivity contribution >= 4 is 23.2 Å². The fourth-order valence-electron chi connectivity index (χ4n) is 2.69. The Morgan fingerprint density at radius 2 is 2.21 bits per heavy atom. The summed E-state index contributed by atoms with van der Waals surface area (Å²) in [4.78, 5) is 29.6. The molecule has 2 rings (SSSR count). The summed E-state index contributed by atoms with van der Waals surface area (Å²) in [5, 5.41) is 11.9. The number of likely N-dealkylation sites (tertiary alicyclic amines) is 1. The minimum absolute atomic E-state index is 0.274.